The number of methoxy groups -OCH3 is 2. The summed E-state index contributed by atoms with van der Waals surface area (Å²) in [5, 5.41) is 14.2. The number of rotatable bonds is 9. The summed E-state index contributed by atoms with van der Waals surface area (Å²) >= 11 is 0. The fraction of sp³-hybridized carbons (Fsp3) is 0.300. The molecule has 2 aromatic carbocycles. The van der Waals surface area contributed by atoms with Crippen molar-refractivity contribution in [2.75, 3.05) is 64.7 Å². The Kier molecular flexibility index (Phi) is 8.19. The van der Waals surface area contributed by atoms with Crippen LogP contribution in [0.25, 0.3) is 33.1 Å². The molecule has 13 nitrogen and oxygen atoms in total. The fourth-order valence-corrected chi connectivity index (χ4v) is 5.40. The number of carbonyl (C=O) groups is 2. The maximum Gasteiger partial charge on any atom is 0.359 e. The van der Waals surface area contributed by atoms with E-state index in [1.54, 1.807) is 43.6 Å². The van der Waals surface area contributed by atoms with Crippen molar-refractivity contribution < 1.29 is 23.5 Å². The summed E-state index contributed by atoms with van der Waals surface area (Å²) in [6.45, 7) is 3.55. The van der Waals surface area contributed by atoms with Gasteiger partial charge in [0.2, 0.25) is 11.9 Å². The van der Waals surface area contributed by atoms with Crippen molar-refractivity contribution in [1.29, 1.82) is 0 Å². The Morgan fingerprint density at radius 1 is 1.11 bits per heavy atom. The van der Waals surface area contributed by atoms with Crippen LogP contribution in [-0.2, 0) is 14.3 Å². The quantitative estimate of drug-likeness (QED) is 0.185. The van der Waals surface area contributed by atoms with Crippen molar-refractivity contribution in [1.82, 2.24) is 34.9 Å². The predicted molar refractivity (Wildman–Crippen MR) is 163 cm³/mol. The average Bonchev–Trinajstić information content (AvgIpc) is 3.66. The van der Waals surface area contributed by atoms with Crippen LogP contribution in [0.15, 0.2) is 48.8 Å². The van der Waals surface area contributed by atoms with E-state index in [1.807, 2.05) is 6.07 Å². The molecule has 228 valence electrons. The topological polar surface area (TPSA) is 153 Å². The SMILES string of the molecule is COC[C@H](C(=O)Nc1cccc2c(-c3nc(Nc4ccc5c(C(=O)OC)n[nH]c5c4)ncc3F)c[nH]c12)N1CCN(C)CC1. The van der Waals surface area contributed by atoms with Crippen LogP contribution in [0.5, 0.6) is 0 Å². The molecule has 0 aliphatic carbocycles. The summed E-state index contributed by atoms with van der Waals surface area (Å²) in [7, 11) is 4.94. The number of nitrogens with zero attached hydrogens (tertiary/aromatic N) is 5. The largest absolute Gasteiger partial charge is 0.464 e. The predicted octanol–water partition coefficient (Wildman–Crippen LogP) is 3.37. The van der Waals surface area contributed by atoms with Crippen molar-refractivity contribution >= 4 is 51.0 Å². The molecule has 3 aromatic heterocycles. The monoisotopic (exact) mass is 601 g/mol. The lowest BCUT2D eigenvalue weighted by Crippen LogP contribution is -2.54. The second-order valence-corrected chi connectivity index (χ2v) is 10.6. The molecule has 0 bridgehead atoms. The van der Waals surface area contributed by atoms with Gasteiger partial charge in [0.25, 0.3) is 0 Å². The molecule has 1 fully saturated rings. The van der Waals surface area contributed by atoms with Gasteiger partial charge in [0, 0.05) is 61.5 Å². The van der Waals surface area contributed by atoms with E-state index in [2.05, 4.69) is 52.6 Å². The number of carbonyl (C=O) groups excluding carboxylic acids is 2. The van der Waals surface area contributed by atoms with Crippen molar-refractivity contribution in [2.24, 2.45) is 0 Å². The summed E-state index contributed by atoms with van der Waals surface area (Å²) in [4.78, 5) is 41.5. The van der Waals surface area contributed by atoms with Crippen LogP contribution in [0.4, 0.5) is 21.7 Å². The lowest BCUT2D eigenvalue weighted by molar-refractivity contribution is -0.124. The Balaban J connectivity index is 1.25. The van der Waals surface area contributed by atoms with Crippen molar-refractivity contribution in [3.8, 4) is 11.3 Å². The van der Waals surface area contributed by atoms with Crippen LogP contribution in [0.1, 0.15) is 10.5 Å². The zero-order valence-electron chi connectivity index (χ0n) is 24.5. The molecular weight excluding hydrogens is 569 g/mol. The molecule has 0 spiro atoms. The molecule has 4 heterocycles. The van der Waals surface area contributed by atoms with Crippen LogP contribution in [-0.4, -0.2) is 107 Å². The van der Waals surface area contributed by atoms with E-state index in [0.29, 0.717) is 38.7 Å². The van der Waals surface area contributed by atoms with Crippen LogP contribution in [0.2, 0.25) is 0 Å². The molecular formula is C30H32FN9O4. The first-order valence-electron chi connectivity index (χ1n) is 14.0. The average molecular weight is 602 g/mol. The number of para-hydroxylation sites is 1. The molecule has 1 amide bonds. The Morgan fingerprint density at radius 3 is 2.70 bits per heavy atom. The molecule has 1 saturated heterocycles. The van der Waals surface area contributed by atoms with Crippen LogP contribution < -0.4 is 10.6 Å². The van der Waals surface area contributed by atoms with Gasteiger partial charge in [-0.25, -0.2) is 19.2 Å². The second kappa shape index (κ2) is 12.4. The number of anilines is 3. The van der Waals surface area contributed by atoms with E-state index in [9.17, 15) is 9.59 Å². The standard InChI is InChI=1S/C30H32FN9O4/c1-39-9-11-40(12-10-39)24(16-43-2)28(41)35-22-6-4-5-18-20(14-32-26(18)22)25-21(31)15-33-30(36-25)34-17-7-8-19-23(13-17)37-38-27(19)29(42)44-3/h4-8,13-15,24,32H,9-12,16H2,1-3H3,(H,35,41)(H,37,38)(H,33,34,36)/t24-/m1/s1. The number of piperazine rings is 1. The highest BCUT2D eigenvalue weighted by molar-refractivity contribution is 6.07. The van der Waals surface area contributed by atoms with Gasteiger partial charge >= 0.3 is 5.97 Å². The molecule has 14 heteroatoms. The van der Waals surface area contributed by atoms with Gasteiger partial charge in [0.1, 0.15) is 11.7 Å². The molecule has 1 aliphatic rings. The minimum Gasteiger partial charge on any atom is -0.464 e. The lowest BCUT2D eigenvalue weighted by Gasteiger charge is -2.36. The number of hydrogen-bond donors (Lipinski definition) is 4. The van der Waals surface area contributed by atoms with Crippen LogP contribution in [0.3, 0.4) is 0 Å². The molecule has 0 saturated carbocycles. The third-order valence-electron chi connectivity index (χ3n) is 7.78. The minimum atomic E-state index is -0.604. The Bertz CT molecular complexity index is 1830. The number of aromatic amines is 2. The number of fused-ring (bicyclic) bond motifs is 2. The normalized spacial score (nSPS) is 15.0. The fourth-order valence-electron chi connectivity index (χ4n) is 5.40. The summed E-state index contributed by atoms with van der Waals surface area (Å²) in [6.07, 6.45) is 2.76. The highest BCUT2D eigenvalue weighted by Crippen LogP contribution is 2.33. The second-order valence-electron chi connectivity index (χ2n) is 10.6. The minimum absolute atomic E-state index is 0.0857. The third-order valence-corrected chi connectivity index (χ3v) is 7.78. The number of likely N-dealkylation sites (N-methyl/N-ethyl adjacent to an activating group) is 1. The lowest BCUT2D eigenvalue weighted by atomic mass is 10.1. The number of esters is 1. The van der Waals surface area contributed by atoms with E-state index in [1.165, 1.54) is 7.11 Å². The highest BCUT2D eigenvalue weighted by atomic mass is 19.1. The van der Waals surface area contributed by atoms with E-state index in [4.69, 9.17) is 9.47 Å². The molecule has 1 atom stereocenters. The number of halogens is 1. The van der Waals surface area contributed by atoms with Gasteiger partial charge in [0.15, 0.2) is 11.5 Å². The van der Waals surface area contributed by atoms with E-state index >= 15 is 4.39 Å². The maximum absolute atomic E-state index is 15.1. The summed E-state index contributed by atoms with van der Waals surface area (Å²) < 4.78 is 25.3. The molecule has 0 unspecified atom stereocenters. The van der Waals surface area contributed by atoms with Crippen molar-refractivity contribution in [3.63, 3.8) is 0 Å². The highest BCUT2D eigenvalue weighted by Gasteiger charge is 2.29. The Labute approximate surface area is 251 Å². The van der Waals surface area contributed by atoms with Crippen LogP contribution >= 0.6 is 0 Å². The number of benzene rings is 2. The first-order valence-corrected chi connectivity index (χ1v) is 14.0. The van der Waals surface area contributed by atoms with Crippen molar-refractivity contribution in [2.45, 2.75) is 6.04 Å². The molecule has 5 aromatic rings. The van der Waals surface area contributed by atoms with Gasteiger partial charge in [-0.05, 0) is 31.3 Å². The van der Waals surface area contributed by atoms with Crippen molar-refractivity contribution in [3.05, 3.63) is 60.3 Å². The van der Waals surface area contributed by atoms with Gasteiger partial charge in [-0.1, -0.05) is 12.1 Å². The number of aromatic nitrogens is 5. The molecule has 0 radical (unpaired) electrons. The zero-order chi connectivity index (χ0) is 30.8. The summed E-state index contributed by atoms with van der Waals surface area (Å²) in [6, 6.07) is 10.2. The zero-order valence-corrected chi connectivity index (χ0v) is 24.5. The summed E-state index contributed by atoms with van der Waals surface area (Å²) in [5.74, 6) is -1.16. The third kappa shape index (κ3) is 5.69. The van der Waals surface area contributed by atoms with E-state index < -0.39 is 17.8 Å². The first-order chi connectivity index (χ1) is 21.4. The number of ether oxygens (including phenoxy) is 2. The van der Waals surface area contributed by atoms with Gasteiger partial charge in [-0.3, -0.25) is 14.8 Å². The Hall–Kier alpha value is -4.92. The molecule has 44 heavy (non-hydrogen) atoms. The van der Waals surface area contributed by atoms with Gasteiger partial charge in [-0.2, -0.15) is 5.10 Å². The smallest absolute Gasteiger partial charge is 0.359 e. The molecule has 1 aliphatic heterocycles. The van der Waals surface area contributed by atoms with E-state index in [0.717, 1.165) is 32.4 Å². The van der Waals surface area contributed by atoms with Gasteiger partial charge in [-0.15, -0.1) is 0 Å². The number of hydrogen-bond acceptors (Lipinski definition) is 10. The van der Waals surface area contributed by atoms with Crippen LogP contribution in [0, 0.1) is 5.82 Å². The molecule has 4 N–H and O–H groups in total. The number of H-pyrrole nitrogens is 2. The number of nitrogens with one attached hydrogen (secondary N) is 4. The van der Waals surface area contributed by atoms with Gasteiger partial charge < -0.3 is 30.0 Å². The molecule has 6 rings (SSSR count). The first kappa shape index (κ1) is 29.2. The number of amides is 1. The van der Waals surface area contributed by atoms with Gasteiger partial charge in [0.05, 0.1) is 36.6 Å². The maximum atomic E-state index is 15.1. The van der Waals surface area contributed by atoms with E-state index in [-0.39, 0.29) is 29.9 Å². The summed E-state index contributed by atoms with van der Waals surface area (Å²) in [5.41, 5.74) is 3.19. The Morgan fingerprint density at radius 2 is 1.93 bits per heavy atom.